The summed E-state index contributed by atoms with van der Waals surface area (Å²) in [5.41, 5.74) is 0.668. The van der Waals surface area contributed by atoms with Crippen molar-refractivity contribution in [1.29, 1.82) is 0 Å². The maximum Gasteiger partial charge on any atom is 0.294 e. The van der Waals surface area contributed by atoms with E-state index in [0.29, 0.717) is 30.2 Å². The molecule has 0 saturated carbocycles. The Balaban J connectivity index is 1.74. The van der Waals surface area contributed by atoms with Gasteiger partial charge < -0.3 is 14.4 Å². The molecule has 0 atom stereocenters. The first kappa shape index (κ1) is 19.8. The lowest BCUT2D eigenvalue weighted by atomic mass is 10.2. The summed E-state index contributed by atoms with van der Waals surface area (Å²) in [4.78, 5) is 40.0. The minimum absolute atomic E-state index is 0.111. The van der Waals surface area contributed by atoms with Gasteiger partial charge in [-0.2, -0.15) is 0 Å². The summed E-state index contributed by atoms with van der Waals surface area (Å²) >= 11 is 0.822. The lowest BCUT2D eigenvalue weighted by Crippen LogP contribution is -2.40. The Bertz CT molecular complexity index is 868. The molecule has 28 heavy (non-hydrogen) atoms. The summed E-state index contributed by atoms with van der Waals surface area (Å²) in [6.07, 6.45) is 8.70. The third kappa shape index (κ3) is 4.31. The first-order valence-corrected chi connectivity index (χ1v) is 9.62. The van der Waals surface area contributed by atoms with Gasteiger partial charge in [0.05, 0.1) is 12.0 Å². The summed E-state index contributed by atoms with van der Waals surface area (Å²) in [6.45, 7) is 1.25. The number of thioether (sulfide) groups is 1. The highest BCUT2D eigenvalue weighted by Crippen LogP contribution is 2.34. The molecule has 8 heteroatoms. The first-order chi connectivity index (χ1) is 13.5. The second-order valence-corrected chi connectivity index (χ2v) is 7.25. The van der Waals surface area contributed by atoms with Gasteiger partial charge in [0.2, 0.25) is 5.91 Å². The number of carbonyl (C=O) groups is 3. The van der Waals surface area contributed by atoms with Crippen molar-refractivity contribution in [3.63, 3.8) is 0 Å². The molecule has 2 saturated heterocycles. The molecular weight excluding hydrogens is 380 g/mol. The Hall–Kier alpha value is -2.92. The Morgan fingerprint density at radius 3 is 2.71 bits per heavy atom. The number of hydrogen-bond donors (Lipinski definition) is 0. The number of imide groups is 1. The van der Waals surface area contributed by atoms with Crippen LogP contribution in [0.1, 0.15) is 18.4 Å². The van der Waals surface area contributed by atoms with Gasteiger partial charge in [-0.15, -0.1) is 6.42 Å². The average molecular weight is 400 g/mol. The molecule has 2 aliphatic rings. The van der Waals surface area contributed by atoms with Crippen molar-refractivity contribution in [3.05, 3.63) is 28.7 Å². The normalized spacial score (nSPS) is 17.9. The van der Waals surface area contributed by atoms with Gasteiger partial charge in [0.1, 0.15) is 13.2 Å². The standard InChI is InChI=1S/C20H20N2O5S/c1-3-10-27-15-7-6-14(11-16(15)26-2)12-17-19(24)22(20(25)28-17)13-18(23)21-8-4-5-9-21/h1,6-7,11-12H,4-5,8-10,13H2,2H3/b17-12-. The molecular formula is C20H20N2O5S. The molecule has 2 fully saturated rings. The van der Waals surface area contributed by atoms with E-state index in [1.165, 1.54) is 7.11 Å². The summed E-state index contributed by atoms with van der Waals surface area (Å²) in [7, 11) is 1.50. The molecule has 0 unspecified atom stereocenters. The first-order valence-electron chi connectivity index (χ1n) is 8.81. The monoisotopic (exact) mass is 400 g/mol. The third-order valence-corrected chi connectivity index (χ3v) is 5.33. The van der Waals surface area contributed by atoms with Gasteiger partial charge in [-0.05, 0) is 48.4 Å². The molecule has 0 aliphatic carbocycles. The number of hydrogen-bond acceptors (Lipinski definition) is 6. The van der Waals surface area contributed by atoms with E-state index < -0.39 is 11.1 Å². The molecule has 7 nitrogen and oxygen atoms in total. The number of terminal acetylenes is 1. The van der Waals surface area contributed by atoms with Crippen molar-refractivity contribution in [2.24, 2.45) is 0 Å². The molecule has 3 amide bonds. The van der Waals surface area contributed by atoms with E-state index in [4.69, 9.17) is 15.9 Å². The predicted molar refractivity (Wildman–Crippen MR) is 106 cm³/mol. The number of amides is 3. The summed E-state index contributed by atoms with van der Waals surface area (Å²) in [6, 6.07) is 5.11. The number of likely N-dealkylation sites (tertiary alicyclic amines) is 1. The van der Waals surface area contributed by atoms with E-state index in [1.54, 1.807) is 29.2 Å². The van der Waals surface area contributed by atoms with Crippen molar-refractivity contribution in [3.8, 4) is 23.8 Å². The van der Waals surface area contributed by atoms with Crippen LogP contribution >= 0.6 is 11.8 Å². The van der Waals surface area contributed by atoms with Crippen molar-refractivity contribution >= 4 is 34.9 Å². The second kappa shape index (κ2) is 8.85. The topological polar surface area (TPSA) is 76.2 Å². The van der Waals surface area contributed by atoms with Crippen LogP contribution in [0.15, 0.2) is 23.1 Å². The van der Waals surface area contributed by atoms with E-state index in [1.807, 2.05) is 0 Å². The molecule has 3 rings (SSSR count). The van der Waals surface area contributed by atoms with Gasteiger partial charge >= 0.3 is 0 Å². The zero-order chi connectivity index (χ0) is 20.1. The Labute approximate surface area is 167 Å². The smallest absolute Gasteiger partial charge is 0.294 e. The van der Waals surface area contributed by atoms with Crippen LogP contribution in [0.2, 0.25) is 0 Å². The highest BCUT2D eigenvalue weighted by atomic mass is 32.2. The fourth-order valence-corrected chi connectivity index (χ4v) is 3.84. The minimum atomic E-state index is -0.464. The van der Waals surface area contributed by atoms with Crippen LogP contribution < -0.4 is 9.47 Å². The van der Waals surface area contributed by atoms with Crippen molar-refractivity contribution in [2.75, 3.05) is 33.4 Å². The predicted octanol–water partition coefficient (Wildman–Crippen LogP) is 2.37. The highest BCUT2D eigenvalue weighted by molar-refractivity contribution is 8.18. The summed E-state index contributed by atoms with van der Waals surface area (Å²) in [5.74, 6) is 2.67. The maximum absolute atomic E-state index is 12.6. The van der Waals surface area contributed by atoms with Crippen LogP contribution in [0.25, 0.3) is 6.08 Å². The number of carbonyl (C=O) groups excluding carboxylic acids is 3. The van der Waals surface area contributed by atoms with E-state index in [-0.39, 0.29) is 24.0 Å². The number of nitrogens with zero attached hydrogens (tertiary/aromatic N) is 2. The quantitative estimate of drug-likeness (QED) is 0.539. The number of ether oxygens (including phenoxy) is 2. The largest absolute Gasteiger partial charge is 0.493 e. The fraction of sp³-hybridized carbons (Fsp3) is 0.350. The van der Waals surface area contributed by atoms with Gasteiger partial charge in [-0.3, -0.25) is 19.3 Å². The van der Waals surface area contributed by atoms with Crippen molar-refractivity contribution < 1.29 is 23.9 Å². The van der Waals surface area contributed by atoms with Crippen LogP contribution in [0.3, 0.4) is 0 Å². The molecule has 0 bridgehead atoms. The lowest BCUT2D eigenvalue weighted by molar-refractivity contribution is -0.135. The molecule has 2 aliphatic heterocycles. The van der Waals surface area contributed by atoms with E-state index in [2.05, 4.69) is 5.92 Å². The molecule has 2 heterocycles. The zero-order valence-corrected chi connectivity index (χ0v) is 16.3. The molecule has 146 valence electrons. The summed E-state index contributed by atoms with van der Waals surface area (Å²) < 4.78 is 10.7. The second-order valence-electron chi connectivity index (χ2n) is 6.26. The molecule has 0 N–H and O–H groups in total. The number of benzene rings is 1. The minimum Gasteiger partial charge on any atom is -0.493 e. The highest BCUT2D eigenvalue weighted by Gasteiger charge is 2.37. The van der Waals surface area contributed by atoms with Crippen LogP contribution in [0.4, 0.5) is 4.79 Å². The molecule has 1 aromatic carbocycles. The molecule has 1 aromatic rings. The van der Waals surface area contributed by atoms with Gasteiger partial charge in [0.25, 0.3) is 11.1 Å². The van der Waals surface area contributed by atoms with Crippen LogP contribution in [0.5, 0.6) is 11.5 Å². The lowest BCUT2D eigenvalue weighted by Gasteiger charge is -2.18. The molecule has 0 spiro atoms. The zero-order valence-electron chi connectivity index (χ0n) is 15.5. The Kier molecular flexibility index (Phi) is 6.26. The van der Waals surface area contributed by atoms with E-state index >= 15 is 0 Å². The van der Waals surface area contributed by atoms with E-state index in [0.717, 1.165) is 29.5 Å². The van der Waals surface area contributed by atoms with Crippen LogP contribution in [-0.4, -0.2) is 60.2 Å². The molecule has 0 aromatic heterocycles. The third-order valence-electron chi connectivity index (χ3n) is 4.42. The maximum atomic E-state index is 12.6. The van der Waals surface area contributed by atoms with Crippen molar-refractivity contribution in [1.82, 2.24) is 9.80 Å². The van der Waals surface area contributed by atoms with Crippen LogP contribution in [-0.2, 0) is 9.59 Å². The van der Waals surface area contributed by atoms with Crippen molar-refractivity contribution in [2.45, 2.75) is 12.8 Å². The summed E-state index contributed by atoms with van der Waals surface area (Å²) in [5, 5.41) is -0.440. The number of rotatable bonds is 6. The van der Waals surface area contributed by atoms with Gasteiger partial charge in [-0.25, -0.2) is 0 Å². The van der Waals surface area contributed by atoms with Crippen LogP contribution in [0, 0.1) is 12.3 Å². The Morgan fingerprint density at radius 2 is 2.04 bits per heavy atom. The SMILES string of the molecule is C#CCOc1ccc(/C=C2\SC(=O)N(CC(=O)N3CCCC3)C2=O)cc1OC. The average Bonchev–Trinajstić information content (AvgIpc) is 3.32. The fourth-order valence-electron chi connectivity index (χ4n) is 3.00. The van der Waals surface area contributed by atoms with E-state index in [9.17, 15) is 14.4 Å². The Morgan fingerprint density at radius 1 is 1.29 bits per heavy atom. The van der Waals surface area contributed by atoms with Gasteiger partial charge in [0, 0.05) is 13.1 Å². The van der Waals surface area contributed by atoms with Gasteiger partial charge in [-0.1, -0.05) is 12.0 Å². The van der Waals surface area contributed by atoms with Gasteiger partial charge in [0.15, 0.2) is 11.5 Å². The molecule has 0 radical (unpaired) electrons. The number of methoxy groups -OCH3 is 1.